The van der Waals surface area contributed by atoms with E-state index < -0.39 is 0 Å². The summed E-state index contributed by atoms with van der Waals surface area (Å²) in [6.45, 7) is 2.14. The lowest BCUT2D eigenvalue weighted by Gasteiger charge is -2.18. The van der Waals surface area contributed by atoms with Crippen molar-refractivity contribution in [2.75, 3.05) is 7.11 Å². The van der Waals surface area contributed by atoms with Gasteiger partial charge in [-0.15, -0.1) is 0 Å². The number of rotatable bonds is 5. The van der Waals surface area contributed by atoms with Crippen LogP contribution in [0.1, 0.15) is 26.2 Å². The van der Waals surface area contributed by atoms with E-state index in [1.165, 1.54) is 0 Å². The van der Waals surface area contributed by atoms with E-state index in [2.05, 4.69) is 13.0 Å². The van der Waals surface area contributed by atoms with Crippen LogP contribution in [-0.4, -0.2) is 24.8 Å². The predicted molar refractivity (Wildman–Crippen MR) is 99.0 cm³/mol. The number of Topliss-reactive ketones (excluding diaryl/α,β-unsaturated/α-hetero) is 2. The number of methoxy groups -OCH3 is 1. The third-order valence-corrected chi connectivity index (χ3v) is 4.92. The van der Waals surface area contributed by atoms with Crippen molar-refractivity contribution >= 4 is 11.6 Å². The minimum Gasteiger partial charge on any atom is -0.377 e. The van der Waals surface area contributed by atoms with Crippen LogP contribution in [0.3, 0.4) is 0 Å². The van der Waals surface area contributed by atoms with E-state index in [1.807, 2.05) is 42.5 Å². The summed E-state index contributed by atoms with van der Waals surface area (Å²) in [6.07, 6.45) is 19.5. The quantitative estimate of drug-likeness (QED) is 0.761. The fraction of sp³-hybridized carbons (Fsp3) is 0.364. The van der Waals surface area contributed by atoms with Crippen molar-refractivity contribution in [2.45, 2.75) is 32.3 Å². The monoisotopic (exact) mass is 336 g/mol. The van der Waals surface area contributed by atoms with Crippen LogP contribution in [0.15, 0.2) is 71.4 Å². The Kier molecular flexibility index (Phi) is 5.44. The number of allylic oxidation sites excluding steroid dienone is 10. The van der Waals surface area contributed by atoms with Crippen LogP contribution in [0.4, 0.5) is 0 Å². The summed E-state index contributed by atoms with van der Waals surface area (Å²) >= 11 is 0. The van der Waals surface area contributed by atoms with Gasteiger partial charge in [-0.1, -0.05) is 61.6 Å². The lowest BCUT2D eigenvalue weighted by atomic mass is 9.85. The average molecular weight is 336 g/mol. The number of hydrogen-bond acceptors (Lipinski definition) is 3. The summed E-state index contributed by atoms with van der Waals surface area (Å²) in [5.41, 5.74) is 2.15. The Morgan fingerprint density at radius 2 is 1.52 bits per heavy atom. The highest BCUT2D eigenvalue weighted by molar-refractivity contribution is 6.12. The van der Waals surface area contributed by atoms with Crippen LogP contribution in [0, 0.1) is 11.8 Å². The van der Waals surface area contributed by atoms with Gasteiger partial charge in [0.2, 0.25) is 0 Å². The molecule has 3 rings (SSSR count). The molecule has 3 atom stereocenters. The molecule has 0 spiro atoms. The maximum absolute atomic E-state index is 12.6. The number of ketones is 2. The van der Waals surface area contributed by atoms with Gasteiger partial charge in [0.15, 0.2) is 11.6 Å². The highest BCUT2D eigenvalue weighted by Gasteiger charge is 2.23. The van der Waals surface area contributed by atoms with E-state index >= 15 is 0 Å². The van der Waals surface area contributed by atoms with Crippen molar-refractivity contribution < 1.29 is 14.3 Å². The molecule has 3 aliphatic rings. The van der Waals surface area contributed by atoms with Gasteiger partial charge in [0, 0.05) is 29.7 Å². The molecule has 0 fully saturated rings. The molecule has 3 unspecified atom stereocenters. The summed E-state index contributed by atoms with van der Waals surface area (Å²) in [5.74, 6) is 0.479. The first-order valence-corrected chi connectivity index (χ1v) is 8.85. The third-order valence-electron chi connectivity index (χ3n) is 4.92. The molecule has 0 saturated carbocycles. The number of hydrogen-bond donors (Lipinski definition) is 0. The highest BCUT2D eigenvalue weighted by Crippen LogP contribution is 2.26. The van der Waals surface area contributed by atoms with Gasteiger partial charge >= 0.3 is 0 Å². The Morgan fingerprint density at radius 1 is 0.880 bits per heavy atom. The van der Waals surface area contributed by atoms with Gasteiger partial charge in [-0.25, -0.2) is 0 Å². The lowest BCUT2D eigenvalue weighted by molar-refractivity contribution is -0.117. The van der Waals surface area contributed by atoms with Crippen molar-refractivity contribution in [1.29, 1.82) is 0 Å². The molecule has 0 radical (unpaired) electrons. The third kappa shape index (κ3) is 4.05. The van der Waals surface area contributed by atoms with Gasteiger partial charge in [-0.2, -0.15) is 0 Å². The van der Waals surface area contributed by atoms with E-state index in [0.717, 1.165) is 12.0 Å². The number of carbonyl (C=O) groups is 2. The zero-order valence-electron chi connectivity index (χ0n) is 14.8. The second-order valence-electron chi connectivity index (χ2n) is 6.81. The second kappa shape index (κ2) is 7.75. The molecule has 0 aromatic carbocycles. The standard InChI is InChI=1S/C22H24O3/c1-15-3-5-16(6-4-15)21(23)17-7-9-18(10-8-17)22(24)19-11-13-20(25-2)14-12-19/h3,5-7,9-13,15,17,20H,4,8,14H2,1-2H3. The highest BCUT2D eigenvalue weighted by atomic mass is 16.5. The van der Waals surface area contributed by atoms with Gasteiger partial charge in [0.05, 0.1) is 6.10 Å². The van der Waals surface area contributed by atoms with Crippen molar-refractivity contribution in [3.8, 4) is 0 Å². The maximum Gasteiger partial charge on any atom is 0.192 e. The number of ether oxygens (including phenoxy) is 1. The Bertz CT molecular complexity index is 743. The van der Waals surface area contributed by atoms with Crippen molar-refractivity contribution in [1.82, 2.24) is 0 Å². The molecule has 0 amide bonds. The topological polar surface area (TPSA) is 43.4 Å². The van der Waals surface area contributed by atoms with E-state index in [-0.39, 0.29) is 23.6 Å². The first-order valence-electron chi connectivity index (χ1n) is 8.85. The molecule has 25 heavy (non-hydrogen) atoms. The first-order chi connectivity index (χ1) is 12.1. The Balaban J connectivity index is 1.62. The zero-order chi connectivity index (χ0) is 17.8. The summed E-state index contributed by atoms with van der Waals surface area (Å²) in [7, 11) is 1.66. The number of carbonyl (C=O) groups excluding carboxylic acids is 2. The minimum atomic E-state index is -0.172. The van der Waals surface area contributed by atoms with Crippen LogP contribution < -0.4 is 0 Å². The maximum atomic E-state index is 12.6. The smallest absolute Gasteiger partial charge is 0.192 e. The van der Waals surface area contributed by atoms with Crippen molar-refractivity contribution in [3.63, 3.8) is 0 Å². The summed E-state index contributed by atoms with van der Waals surface area (Å²) in [5, 5.41) is 0. The molecule has 0 aromatic heterocycles. The molecule has 3 nitrogen and oxygen atoms in total. The molecule has 3 heteroatoms. The fourth-order valence-electron chi connectivity index (χ4n) is 3.22. The molecule has 130 valence electrons. The second-order valence-corrected chi connectivity index (χ2v) is 6.81. The fourth-order valence-corrected chi connectivity index (χ4v) is 3.22. The van der Waals surface area contributed by atoms with E-state index in [1.54, 1.807) is 13.2 Å². The molecule has 0 bridgehead atoms. The molecular formula is C22H24O3. The minimum absolute atomic E-state index is 0.0126. The Labute approximate surface area is 149 Å². The van der Waals surface area contributed by atoms with Crippen LogP contribution in [0.2, 0.25) is 0 Å². The van der Waals surface area contributed by atoms with Crippen molar-refractivity contribution in [2.24, 2.45) is 11.8 Å². The van der Waals surface area contributed by atoms with E-state index in [0.29, 0.717) is 29.9 Å². The van der Waals surface area contributed by atoms with Gasteiger partial charge < -0.3 is 4.74 Å². The molecule has 0 heterocycles. The molecule has 0 saturated heterocycles. The van der Waals surface area contributed by atoms with Crippen molar-refractivity contribution in [3.05, 3.63) is 71.4 Å². The van der Waals surface area contributed by atoms with E-state index in [4.69, 9.17) is 4.74 Å². The van der Waals surface area contributed by atoms with E-state index in [9.17, 15) is 9.59 Å². The first kappa shape index (κ1) is 17.6. The van der Waals surface area contributed by atoms with Gasteiger partial charge in [0.25, 0.3) is 0 Å². The normalized spacial score (nSPS) is 28.2. The van der Waals surface area contributed by atoms with Crippen LogP contribution in [0.5, 0.6) is 0 Å². The lowest BCUT2D eigenvalue weighted by Crippen LogP contribution is -2.18. The van der Waals surface area contributed by atoms with Gasteiger partial charge in [0.1, 0.15) is 0 Å². The molecular weight excluding hydrogens is 312 g/mol. The van der Waals surface area contributed by atoms with Crippen LogP contribution in [0.25, 0.3) is 0 Å². The summed E-state index contributed by atoms with van der Waals surface area (Å²) in [4.78, 5) is 25.2. The molecule has 0 N–H and O–H groups in total. The Morgan fingerprint density at radius 3 is 2.04 bits per heavy atom. The zero-order valence-corrected chi connectivity index (χ0v) is 14.8. The Hall–Kier alpha value is -2.26. The molecule has 0 aliphatic heterocycles. The largest absolute Gasteiger partial charge is 0.377 e. The van der Waals surface area contributed by atoms with Crippen LogP contribution in [-0.2, 0) is 14.3 Å². The average Bonchev–Trinajstić information content (AvgIpc) is 2.67. The van der Waals surface area contributed by atoms with Crippen LogP contribution >= 0.6 is 0 Å². The molecule has 0 aromatic rings. The predicted octanol–water partition coefficient (Wildman–Crippen LogP) is 4.05. The summed E-state index contributed by atoms with van der Waals surface area (Å²) in [6, 6.07) is 0. The van der Waals surface area contributed by atoms with Gasteiger partial charge in [-0.3, -0.25) is 9.59 Å². The molecule has 3 aliphatic carbocycles. The summed E-state index contributed by atoms with van der Waals surface area (Å²) < 4.78 is 5.25. The SMILES string of the molecule is COC1C=CC(C(=O)C2=CCC(C(=O)C3=CCC(C)C=C3)C=C2)=CC1. The van der Waals surface area contributed by atoms with Gasteiger partial charge in [-0.05, 0) is 25.2 Å².